The average molecular weight is 248 g/mol. The minimum absolute atomic E-state index is 0.209. The third-order valence-corrected chi connectivity index (χ3v) is 1.86. The number of carbonyl (C=O) groups is 1. The maximum atomic E-state index is 12.1. The summed E-state index contributed by atoms with van der Waals surface area (Å²) < 4.78 is 36.4. The lowest BCUT2D eigenvalue weighted by Gasteiger charge is -2.06. The molecule has 1 aromatic rings. The summed E-state index contributed by atoms with van der Waals surface area (Å²) in [6, 6.07) is 2.02. The second-order valence-electron chi connectivity index (χ2n) is 3.30. The molecule has 0 aliphatic carbocycles. The van der Waals surface area contributed by atoms with Gasteiger partial charge in [-0.25, -0.2) is 0 Å². The van der Waals surface area contributed by atoms with Gasteiger partial charge in [0.2, 0.25) is 5.91 Å². The number of hydrogen-bond donors (Lipinski definition) is 2. The Morgan fingerprint density at radius 1 is 1.35 bits per heavy atom. The largest absolute Gasteiger partial charge is 0.435 e. The molecule has 0 unspecified atom stereocenters. The summed E-state index contributed by atoms with van der Waals surface area (Å²) in [7, 11) is 0. The van der Waals surface area contributed by atoms with Gasteiger partial charge in [0.05, 0.1) is 0 Å². The van der Waals surface area contributed by atoms with Gasteiger partial charge in [-0.15, -0.1) is 10.2 Å². The summed E-state index contributed by atoms with van der Waals surface area (Å²) in [5, 5.41) is 9.13. The number of nitrogens with zero attached hydrogens (tertiary/aromatic N) is 2. The van der Waals surface area contributed by atoms with Crippen molar-refractivity contribution in [2.24, 2.45) is 5.73 Å². The Balaban J connectivity index is 2.43. The van der Waals surface area contributed by atoms with Crippen LogP contribution in [-0.4, -0.2) is 22.6 Å². The van der Waals surface area contributed by atoms with Crippen molar-refractivity contribution in [3.05, 3.63) is 17.8 Å². The first kappa shape index (κ1) is 13.2. The lowest BCUT2D eigenvalue weighted by Crippen LogP contribution is -2.14. The van der Waals surface area contributed by atoms with Crippen molar-refractivity contribution in [1.82, 2.24) is 10.2 Å². The molecule has 0 spiro atoms. The van der Waals surface area contributed by atoms with Gasteiger partial charge in [-0.1, -0.05) is 0 Å². The molecule has 3 N–H and O–H groups in total. The van der Waals surface area contributed by atoms with E-state index in [4.69, 9.17) is 5.73 Å². The van der Waals surface area contributed by atoms with Gasteiger partial charge >= 0.3 is 6.18 Å². The van der Waals surface area contributed by atoms with Gasteiger partial charge in [-0.2, -0.15) is 13.2 Å². The Morgan fingerprint density at radius 2 is 2.06 bits per heavy atom. The van der Waals surface area contributed by atoms with Gasteiger partial charge < -0.3 is 11.1 Å². The third-order valence-electron chi connectivity index (χ3n) is 1.86. The van der Waals surface area contributed by atoms with Crippen LogP contribution in [0.5, 0.6) is 0 Å². The summed E-state index contributed by atoms with van der Waals surface area (Å²) in [5.74, 6) is -0.201. The molecular formula is C9H11F3N4O. The predicted octanol–water partition coefficient (Wildman–Crippen LogP) is 1.17. The standard InChI is InChI=1S/C9H11F3N4O/c10-9(11,12)6-3-4-8(16-15-6)14-5-1-2-7(13)17/h3-4H,1-2,5H2,(H2,13,17)(H,14,16). The van der Waals surface area contributed by atoms with Crippen LogP contribution in [0.25, 0.3) is 0 Å². The fraction of sp³-hybridized carbons (Fsp3) is 0.444. The molecule has 1 aromatic heterocycles. The normalized spacial score (nSPS) is 11.2. The highest BCUT2D eigenvalue weighted by Gasteiger charge is 2.32. The second-order valence-corrected chi connectivity index (χ2v) is 3.30. The Hall–Kier alpha value is -1.86. The topological polar surface area (TPSA) is 80.9 Å². The van der Waals surface area contributed by atoms with E-state index in [2.05, 4.69) is 15.5 Å². The number of nitrogens with two attached hydrogens (primary N) is 1. The summed E-state index contributed by atoms with van der Waals surface area (Å²) >= 11 is 0. The van der Waals surface area contributed by atoms with Gasteiger partial charge in [0, 0.05) is 13.0 Å². The van der Waals surface area contributed by atoms with Crippen LogP contribution in [0, 0.1) is 0 Å². The van der Waals surface area contributed by atoms with Gasteiger partial charge in [0.25, 0.3) is 0 Å². The van der Waals surface area contributed by atoms with Crippen molar-refractivity contribution >= 4 is 11.7 Å². The number of primary amides is 1. The number of anilines is 1. The number of carbonyl (C=O) groups excluding carboxylic acids is 1. The zero-order chi connectivity index (χ0) is 12.9. The van der Waals surface area contributed by atoms with Crippen LogP contribution >= 0.6 is 0 Å². The van der Waals surface area contributed by atoms with Crippen LogP contribution < -0.4 is 11.1 Å². The zero-order valence-electron chi connectivity index (χ0n) is 8.79. The number of hydrogen-bond acceptors (Lipinski definition) is 4. The zero-order valence-corrected chi connectivity index (χ0v) is 8.79. The monoisotopic (exact) mass is 248 g/mol. The van der Waals surface area contributed by atoms with Crippen LogP contribution in [0.3, 0.4) is 0 Å². The quantitative estimate of drug-likeness (QED) is 0.766. The Morgan fingerprint density at radius 3 is 2.53 bits per heavy atom. The lowest BCUT2D eigenvalue weighted by molar-refractivity contribution is -0.141. The van der Waals surface area contributed by atoms with E-state index in [1.807, 2.05) is 0 Å². The van der Waals surface area contributed by atoms with E-state index in [1.54, 1.807) is 0 Å². The van der Waals surface area contributed by atoms with Crippen LogP contribution in [0.15, 0.2) is 12.1 Å². The summed E-state index contributed by atoms with van der Waals surface area (Å²) in [5.41, 5.74) is 3.88. The molecular weight excluding hydrogens is 237 g/mol. The first-order valence-electron chi connectivity index (χ1n) is 4.82. The minimum atomic E-state index is -4.49. The van der Waals surface area contributed by atoms with Gasteiger partial charge in [-0.05, 0) is 18.6 Å². The minimum Gasteiger partial charge on any atom is -0.370 e. The predicted molar refractivity (Wildman–Crippen MR) is 54.0 cm³/mol. The fourth-order valence-corrected chi connectivity index (χ4v) is 1.06. The van der Waals surface area contributed by atoms with Crippen molar-refractivity contribution in [2.75, 3.05) is 11.9 Å². The highest BCUT2D eigenvalue weighted by molar-refractivity contribution is 5.73. The van der Waals surface area contributed by atoms with E-state index < -0.39 is 17.8 Å². The SMILES string of the molecule is NC(=O)CCCNc1ccc(C(F)(F)F)nn1. The molecule has 8 heteroatoms. The van der Waals surface area contributed by atoms with Gasteiger partial charge in [-0.3, -0.25) is 4.79 Å². The van der Waals surface area contributed by atoms with Crippen molar-refractivity contribution in [3.8, 4) is 0 Å². The highest BCUT2D eigenvalue weighted by Crippen LogP contribution is 2.26. The summed E-state index contributed by atoms with van der Waals surface area (Å²) in [4.78, 5) is 10.4. The number of halogens is 3. The van der Waals surface area contributed by atoms with E-state index in [1.165, 1.54) is 6.07 Å². The van der Waals surface area contributed by atoms with Crippen molar-refractivity contribution in [1.29, 1.82) is 0 Å². The number of amides is 1. The van der Waals surface area contributed by atoms with E-state index in [9.17, 15) is 18.0 Å². The van der Waals surface area contributed by atoms with Gasteiger partial charge in [0.1, 0.15) is 5.82 Å². The van der Waals surface area contributed by atoms with Crippen LogP contribution in [0.4, 0.5) is 19.0 Å². The fourth-order valence-electron chi connectivity index (χ4n) is 1.06. The molecule has 94 valence electrons. The second kappa shape index (κ2) is 5.46. The first-order chi connectivity index (χ1) is 7.89. The van der Waals surface area contributed by atoms with Crippen LogP contribution in [0.1, 0.15) is 18.5 Å². The molecule has 5 nitrogen and oxygen atoms in total. The molecule has 17 heavy (non-hydrogen) atoms. The van der Waals surface area contributed by atoms with Gasteiger partial charge in [0.15, 0.2) is 5.69 Å². The van der Waals surface area contributed by atoms with E-state index in [0.29, 0.717) is 13.0 Å². The van der Waals surface area contributed by atoms with Crippen molar-refractivity contribution in [2.45, 2.75) is 19.0 Å². The number of rotatable bonds is 5. The molecule has 0 fully saturated rings. The molecule has 0 aliphatic heterocycles. The third kappa shape index (κ3) is 4.66. The van der Waals surface area contributed by atoms with Crippen LogP contribution in [-0.2, 0) is 11.0 Å². The van der Waals surface area contributed by atoms with Crippen LogP contribution in [0.2, 0.25) is 0 Å². The Labute approximate surface area is 95.2 Å². The Bertz CT molecular complexity index is 377. The molecule has 0 atom stereocenters. The number of alkyl halides is 3. The van der Waals surface area contributed by atoms with Crippen molar-refractivity contribution in [3.63, 3.8) is 0 Å². The first-order valence-corrected chi connectivity index (χ1v) is 4.82. The summed E-state index contributed by atoms with van der Waals surface area (Å²) in [6.45, 7) is 0.392. The maximum absolute atomic E-state index is 12.1. The number of nitrogens with one attached hydrogen (secondary N) is 1. The molecule has 0 aromatic carbocycles. The lowest BCUT2D eigenvalue weighted by atomic mass is 10.3. The highest BCUT2D eigenvalue weighted by atomic mass is 19.4. The molecule has 0 saturated carbocycles. The maximum Gasteiger partial charge on any atom is 0.435 e. The molecule has 0 bridgehead atoms. The van der Waals surface area contributed by atoms with Crippen molar-refractivity contribution < 1.29 is 18.0 Å². The smallest absolute Gasteiger partial charge is 0.370 e. The van der Waals surface area contributed by atoms with E-state index in [0.717, 1.165) is 6.07 Å². The Kier molecular flexibility index (Phi) is 4.24. The van der Waals surface area contributed by atoms with E-state index in [-0.39, 0.29) is 12.2 Å². The van der Waals surface area contributed by atoms with E-state index >= 15 is 0 Å². The molecule has 1 amide bonds. The molecule has 0 saturated heterocycles. The molecule has 0 aliphatic rings. The summed E-state index contributed by atoms with van der Waals surface area (Å²) in [6.07, 6.45) is -3.80. The average Bonchev–Trinajstić information content (AvgIpc) is 2.23. The molecule has 0 radical (unpaired) electrons. The molecule has 1 heterocycles. The number of aromatic nitrogens is 2. The molecule has 1 rings (SSSR count).